The molecule has 2 aromatic heterocycles. The Balaban J connectivity index is 1.62. The molecule has 0 atom stereocenters. The number of nitrogens with one attached hydrogen (secondary N) is 1. The summed E-state index contributed by atoms with van der Waals surface area (Å²) >= 11 is 1.64. The van der Waals surface area contributed by atoms with Gasteiger partial charge in [0, 0.05) is 24.7 Å². The summed E-state index contributed by atoms with van der Waals surface area (Å²) < 4.78 is 7.52. The van der Waals surface area contributed by atoms with Gasteiger partial charge < -0.3 is 15.0 Å². The second-order valence-corrected chi connectivity index (χ2v) is 7.21. The fourth-order valence-corrected chi connectivity index (χ4v) is 3.68. The molecule has 0 aromatic carbocycles. The molecule has 0 spiro atoms. The van der Waals surface area contributed by atoms with E-state index in [1.165, 1.54) is 25.9 Å². The first-order valence-electron chi connectivity index (χ1n) is 7.49. The molecule has 0 aliphatic carbocycles. The first-order chi connectivity index (χ1) is 10.1. The molecule has 5 nitrogen and oxygen atoms in total. The average Bonchev–Trinajstić information content (AvgIpc) is 3.04. The van der Waals surface area contributed by atoms with Gasteiger partial charge >= 0.3 is 0 Å². The molecule has 0 saturated carbocycles. The van der Waals surface area contributed by atoms with E-state index in [1.54, 1.807) is 18.4 Å². The predicted molar refractivity (Wildman–Crippen MR) is 86.2 cm³/mol. The third kappa shape index (κ3) is 3.07. The van der Waals surface area contributed by atoms with Crippen LogP contribution in [0.25, 0.3) is 4.96 Å². The van der Waals surface area contributed by atoms with Gasteiger partial charge in [0.25, 0.3) is 0 Å². The van der Waals surface area contributed by atoms with Crippen molar-refractivity contribution in [1.29, 1.82) is 0 Å². The smallest absolute Gasteiger partial charge is 0.237 e. The van der Waals surface area contributed by atoms with E-state index in [1.807, 2.05) is 0 Å². The minimum atomic E-state index is 0.401. The largest absolute Gasteiger partial charge is 0.480 e. The number of ether oxygens (including phenoxy) is 1. The number of methoxy groups -OCH3 is 1. The highest BCUT2D eigenvalue weighted by atomic mass is 32.1. The number of thiazole rings is 1. The molecule has 1 aliphatic heterocycles. The van der Waals surface area contributed by atoms with Gasteiger partial charge in [-0.05, 0) is 38.4 Å². The van der Waals surface area contributed by atoms with Gasteiger partial charge in [-0.1, -0.05) is 6.92 Å². The lowest BCUT2D eigenvalue weighted by Crippen LogP contribution is -2.42. The average molecular weight is 308 g/mol. The van der Waals surface area contributed by atoms with Crippen LogP contribution in [0.1, 0.15) is 25.5 Å². The Labute approximate surface area is 129 Å². The molecule has 1 saturated heterocycles. The minimum Gasteiger partial charge on any atom is -0.480 e. The third-order valence-electron chi connectivity index (χ3n) is 4.56. The van der Waals surface area contributed by atoms with Crippen molar-refractivity contribution in [1.82, 2.24) is 19.6 Å². The Morgan fingerprint density at radius 2 is 2.19 bits per heavy atom. The Kier molecular flexibility index (Phi) is 4.19. The zero-order valence-corrected chi connectivity index (χ0v) is 13.9. The van der Waals surface area contributed by atoms with Gasteiger partial charge in [0.2, 0.25) is 5.88 Å². The maximum absolute atomic E-state index is 5.40. The molecular formula is C15H24N4OS. The number of imidazole rings is 1. The maximum Gasteiger partial charge on any atom is 0.237 e. The van der Waals surface area contributed by atoms with Gasteiger partial charge in [0.1, 0.15) is 5.69 Å². The molecule has 1 fully saturated rings. The Morgan fingerprint density at radius 3 is 2.90 bits per heavy atom. The highest BCUT2D eigenvalue weighted by molar-refractivity contribution is 7.15. The van der Waals surface area contributed by atoms with Gasteiger partial charge in [-0.3, -0.25) is 4.40 Å². The number of piperidine rings is 1. The van der Waals surface area contributed by atoms with Crippen molar-refractivity contribution in [3.63, 3.8) is 0 Å². The van der Waals surface area contributed by atoms with Crippen LogP contribution >= 0.6 is 11.3 Å². The normalized spacial score (nSPS) is 19.2. The van der Waals surface area contributed by atoms with Crippen molar-refractivity contribution in [3.8, 4) is 5.88 Å². The zero-order valence-electron chi connectivity index (χ0n) is 13.1. The van der Waals surface area contributed by atoms with Crippen molar-refractivity contribution in [2.24, 2.45) is 5.41 Å². The fraction of sp³-hybridized carbons (Fsp3) is 0.667. The van der Waals surface area contributed by atoms with E-state index in [0.29, 0.717) is 5.41 Å². The Hall–Kier alpha value is -1.11. The molecule has 3 rings (SSSR count). The van der Waals surface area contributed by atoms with Crippen LogP contribution in [0.15, 0.2) is 11.6 Å². The van der Waals surface area contributed by atoms with Gasteiger partial charge in [-0.25, -0.2) is 0 Å². The number of likely N-dealkylation sites (tertiary alicyclic amines) is 1. The molecule has 2 aromatic rings. The van der Waals surface area contributed by atoms with Crippen LogP contribution in [0.3, 0.4) is 0 Å². The third-order valence-corrected chi connectivity index (χ3v) is 5.31. The molecule has 116 valence electrons. The summed E-state index contributed by atoms with van der Waals surface area (Å²) in [6.07, 6.45) is 4.58. The molecule has 21 heavy (non-hydrogen) atoms. The molecule has 1 N–H and O–H groups in total. The maximum atomic E-state index is 5.40. The van der Waals surface area contributed by atoms with Crippen LogP contribution in [0, 0.1) is 5.41 Å². The summed E-state index contributed by atoms with van der Waals surface area (Å²) in [5, 5.41) is 5.67. The zero-order chi connectivity index (χ0) is 14.9. The van der Waals surface area contributed by atoms with E-state index in [4.69, 9.17) is 4.74 Å². The monoisotopic (exact) mass is 308 g/mol. The van der Waals surface area contributed by atoms with Gasteiger partial charge in [-0.2, -0.15) is 4.98 Å². The highest BCUT2D eigenvalue weighted by Gasteiger charge is 2.28. The summed E-state index contributed by atoms with van der Waals surface area (Å²) in [5.74, 6) is 0.739. The number of rotatable bonds is 5. The molecule has 0 amide bonds. The lowest BCUT2D eigenvalue weighted by molar-refractivity contribution is 0.136. The van der Waals surface area contributed by atoms with Crippen LogP contribution < -0.4 is 10.1 Å². The van der Waals surface area contributed by atoms with Crippen LogP contribution in [-0.2, 0) is 6.54 Å². The van der Waals surface area contributed by atoms with Crippen molar-refractivity contribution < 1.29 is 4.74 Å². The summed E-state index contributed by atoms with van der Waals surface area (Å²) in [5.41, 5.74) is 1.52. The Bertz CT molecular complexity index is 598. The second-order valence-electron chi connectivity index (χ2n) is 6.34. The van der Waals surface area contributed by atoms with Crippen LogP contribution in [0.2, 0.25) is 0 Å². The Morgan fingerprint density at radius 1 is 1.43 bits per heavy atom. The molecular weight excluding hydrogens is 284 g/mol. The van der Waals surface area contributed by atoms with Gasteiger partial charge in [0.05, 0.1) is 7.11 Å². The molecule has 1 aliphatic rings. The quantitative estimate of drug-likeness (QED) is 0.920. The van der Waals surface area contributed by atoms with Crippen molar-refractivity contribution in [3.05, 3.63) is 17.3 Å². The number of fused-ring (bicyclic) bond motifs is 1. The summed E-state index contributed by atoms with van der Waals surface area (Å²) in [4.78, 5) is 7.90. The molecule has 6 heteroatoms. The molecule has 3 heterocycles. The van der Waals surface area contributed by atoms with E-state index in [9.17, 15) is 0 Å². The minimum absolute atomic E-state index is 0.401. The summed E-state index contributed by atoms with van der Waals surface area (Å²) in [7, 11) is 3.89. The number of hydrogen-bond acceptors (Lipinski definition) is 5. The van der Waals surface area contributed by atoms with E-state index in [2.05, 4.69) is 45.1 Å². The molecule has 0 radical (unpaired) electrons. The van der Waals surface area contributed by atoms with Crippen LogP contribution in [-0.4, -0.2) is 48.1 Å². The summed E-state index contributed by atoms with van der Waals surface area (Å²) in [6.45, 7) is 6.63. The molecule has 0 unspecified atom stereocenters. The van der Waals surface area contributed by atoms with Crippen molar-refractivity contribution in [2.75, 3.05) is 33.8 Å². The fourth-order valence-electron chi connectivity index (χ4n) is 2.95. The first-order valence-corrected chi connectivity index (χ1v) is 8.37. The topological polar surface area (TPSA) is 41.8 Å². The molecule has 0 bridgehead atoms. The lowest BCUT2D eigenvalue weighted by atomic mass is 9.80. The van der Waals surface area contributed by atoms with Gasteiger partial charge in [-0.15, -0.1) is 11.3 Å². The van der Waals surface area contributed by atoms with Crippen LogP contribution in [0.5, 0.6) is 5.88 Å². The summed E-state index contributed by atoms with van der Waals surface area (Å²) in [6, 6.07) is 0. The van der Waals surface area contributed by atoms with Crippen LogP contribution in [0.4, 0.5) is 0 Å². The SMILES string of the molecule is COc1nc2sccn2c1CNCC1(C)CCN(C)CC1. The van der Waals surface area contributed by atoms with Gasteiger partial charge in [0.15, 0.2) is 4.96 Å². The number of hydrogen-bond donors (Lipinski definition) is 1. The second kappa shape index (κ2) is 5.94. The van der Waals surface area contributed by atoms with E-state index in [-0.39, 0.29) is 0 Å². The predicted octanol–water partition coefficient (Wildman–Crippen LogP) is 2.23. The lowest BCUT2D eigenvalue weighted by Gasteiger charge is -2.38. The van der Waals surface area contributed by atoms with E-state index >= 15 is 0 Å². The standard InChI is InChI=1S/C15H24N4OS/c1-15(4-6-18(2)7-5-15)11-16-10-12-13(20-3)17-14-19(12)8-9-21-14/h8-9,16H,4-7,10-11H2,1-3H3. The van der Waals surface area contributed by atoms with E-state index in [0.717, 1.165) is 29.6 Å². The van der Waals surface area contributed by atoms with Crippen molar-refractivity contribution in [2.45, 2.75) is 26.3 Å². The van der Waals surface area contributed by atoms with E-state index < -0.39 is 0 Å². The highest BCUT2D eigenvalue weighted by Crippen LogP contribution is 2.30. The number of nitrogens with zero attached hydrogens (tertiary/aromatic N) is 3. The van der Waals surface area contributed by atoms with Crippen molar-refractivity contribution >= 4 is 16.3 Å². The number of aromatic nitrogens is 2. The first kappa shape index (κ1) is 14.8.